The molecule has 7 nitrogen and oxygen atoms in total. The first-order valence-corrected chi connectivity index (χ1v) is 16.4. The molecule has 2 N–H and O–H groups in total. The lowest BCUT2D eigenvalue weighted by molar-refractivity contribution is -0.137. The molecule has 41 heavy (non-hydrogen) atoms. The molecule has 0 radical (unpaired) electrons. The highest BCUT2D eigenvalue weighted by Crippen LogP contribution is 2.32. The number of amides is 2. The largest absolute Gasteiger partial charge is 0.416 e. The lowest BCUT2D eigenvalue weighted by atomic mass is 9.81. The van der Waals surface area contributed by atoms with E-state index < -0.39 is 45.5 Å². The van der Waals surface area contributed by atoms with Crippen molar-refractivity contribution in [3.05, 3.63) is 59.7 Å². The smallest absolute Gasteiger partial charge is 0.351 e. The van der Waals surface area contributed by atoms with Crippen LogP contribution >= 0.6 is 11.8 Å². The Morgan fingerprint density at radius 2 is 1.73 bits per heavy atom. The first kappa shape index (κ1) is 32.9. The Morgan fingerprint density at radius 3 is 2.32 bits per heavy atom. The van der Waals surface area contributed by atoms with Gasteiger partial charge in [0, 0.05) is 28.6 Å². The zero-order chi connectivity index (χ0) is 30.5. The molecule has 2 aromatic rings. The quantitative estimate of drug-likeness (QED) is 0.366. The van der Waals surface area contributed by atoms with Gasteiger partial charge in [0.25, 0.3) is 5.91 Å². The van der Waals surface area contributed by atoms with E-state index in [1.165, 1.54) is 24.8 Å². The second-order valence-corrected chi connectivity index (χ2v) is 13.7. The SMILES string of the molecule is CSc1ccc(S(=O)(=O)C[C@@H]2C[C@H](N(C)C(C)C)CC[C@H]2NC(=O)C(C)NC(=O)c2cccc(C(F)(F)F)c2)cc1. The number of halogens is 3. The Bertz CT molecular complexity index is 1320. The minimum absolute atomic E-state index is 0.139. The Morgan fingerprint density at radius 1 is 1.07 bits per heavy atom. The maximum atomic E-state index is 13.4. The highest BCUT2D eigenvalue weighted by atomic mass is 32.2. The topological polar surface area (TPSA) is 95.6 Å². The van der Waals surface area contributed by atoms with Gasteiger partial charge in [0.05, 0.1) is 16.2 Å². The minimum Gasteiger partial charge on any atom is -0.351 e. The number of nitrogens with zero attached hydrogens (tertiary/aromatic N) is 1. The van der Waals surface area contributed by atoms with Crippen molar-refractivity contribution in [3.63, 3.8) is 0 Å². The number of alkyl halides is 3. The van der Waals surface area contributed by atoms with Crippen LogP contribution in [0.5, 0.6) is 0 Å². The molecule has 1 aliphatic carbocycles. The van der Waals surface area contributed by atoms with Gasteiger partial charge in [0.15, 0.2) is 9.84 Å². The van der Waals surface area contributed by atoms with Gasteiger partial charge in [0.2, 0.25) is 5.91 Å². The summed E-state index contributed by atoms with van der Waals surface area (Å²) in [7, 11) is -1.65. The maximum absolute atomic E-state index is 13.4. The predicted octanol–water partition coefficient (Wildman–Crippen LogP) is 5.01. The summed E-state index contributed by atoms with van der Waals surface area (Å²) in [5.74, 6) is -1.87. The third-order valence-corrected chi connectivity index (χ3v) is 10.3. The average Bonchev–Trinajstić information content (AvgIpc) is 2.92. The predicted molar refractivity (Wildman–Crippen MR) is 155 cm³/mol. The number of sulfone groups is 1. The molecule has 3 rings (SSSR count). The lowest BCUT2D eigenvalue weighted by Crippen LogP contribution is -2.54. The van der Waals surface area contributed by atoms with E-state index in [0.29, 0.717) is 12.8 Å². The average molecular weight is 614 g/mol. The van der Waals surface area contributed by atoms with E-state index in [2.05, 4.69) is 29.4 Å². The van der Waals surface area contributed by atoms with Gasteiger partial charge in [-0.15, -0.1) is 11.8 Å². The van der Waals surface area contributed by atoms with Gasteiger partial charge in [-0.1, -0.05) is 6.07 Å². The van der Waals surface area contributed by atoms with Gasteiger partial charge in [-0.3, -0.25) is 9.59 Å². The number of rotatable bonds is 10. The molecule has 0 aliphatic heterocycles. The third kappa shape index (κ3) is 8.71. The van der Waals surface area contributed by atoms with Crippen molar-refractivity contribution >= 4 is 33.4 Å². The Kier molecular flexibility index (Phi) is 10.9. The van der Waals surface area contributed by atoms with Crippen LogP contribution in [0.4, 0.5) is 13.2 Å². The summed E-state index contributed by atoms with van der Waals surface area (Å²) in [5.41, 5.74) is -1.18. The molecular formula is C29H38F3N3O4S2. The van der Waals surface area contributed by atoms with Crippen LogP contribution in [0.1, 0.15) is 56.0 Å². The molecule has 1 fully saturated rings. The number of hydrogen-bond donors (Lipinski definition) is 2. The molecule has 0 heterocycles. The number of carbonyl (C=O) groups excluding carboxylic acids is 2. The summed E-state index contributed by atoms with van der Waals surface area (Å²) in [6.45, 7) is 5.58. The van der Waals surface area contributed by atoms with E-state index in [0.717, 1.165) is 29.5 Å². The molecule has 226 valence electrons. The molecule has 2 amide bonds. The highest BCUT2D eigenvalue weighted by molar-refractivity contribution is 7.98. The van der Waals surface area contributed by atoms with Crippen LogP contribution < -0.4 is 10.6 Å². The molecule has 1 aliphatic rings. The van der Waals surface area contributed by atoms with Crippen LogP contribution in [-0.4, -0.2) is 68.4 Å². The Hall–Kier alpha value is -2.57. The van der Waals surface area contributed by atoms with E-state index in [4.69, 9.17) is 0 Å². The van der Waals surface area contributed by atoms with Crippen molar-refractivity contribution in [1.29, 1.82) is 0 Å². The Labute approximate surface area is 244 Å². The van der Waals surface area contributed by atoms with E-state index in [1.807, 2.05) is 13.3 Å². The van der Waals surface area contributed by atoms with E-state index in [1.54, 1.807) is 24.3 Å². The van der Waals surface area contributed by atoms with E-state index in [-0.39, 0.29) is 34.2 Å². The van der Waals surface area contributed by atoms with Gasteiger partial charge < -0.3 is 15.5 Å². The third-order valence-electron chi connectivity index (χ3n) is 7.72. The van der Waals surface area contributed by atoms with Crippen molar-refractivity contribution in [1.82, 2.24) is 15.5 Å². The molecular weight excluding hydrogens is 575 g/mol. The molecule has 4 atom stereocenters. The van der Waals surface area contributed by atoms with E-state index >= 15 is 0 Å². The van der Waals surface area contributed by atoms with Gasteiger partial charge in [-0.25, -0.2) is 8.42 Å². The molecule has 1 saturated carbocycles. The van der Waals surface area contributed by atoms with Crippen molar-refractivity contribution in [2.75, 3.05) is 19.1 Å². The van der Waals surface area contributed by atoms with Gasteiger partial charge in [-0.05, 0) is 102 Å². The van der Waals surface area contributed by atoms with Crippen molar-refractivity contribution in [2.45, 2.75) is 80.2 Å². The van der Waals surface area contributed by atoms with Gasteiger partial charge in [0.1, 0.15) is 6.04 Å². The van der Waals surface area contributed by atoms with Crippen LogP contribution in [0.25, 0.3) is 0 Å². The number of benzene rings is 2. The second-order valence-electron chi connectivity index (χ2n) is 10.8. The van der Waals surface area contributed by atoms with Gasteiger partial charge >= 0.3 is 6.18 Å². The summed E-state index contributed by atoms with van der Waals surface area (Å²) >= 11 is 1.52. The van der Waals surface area contributed by atoms with Crippen LogP contribution in [0.3, 0.4) is 0 Å². The second kappa shape index (κ2) is 13.6. The van der Waals surface area contributed by atoms with Crippen LogP contribution in [0.2, 0.25) is 0 Å². The van der Waals surface area contributed by atoms with Crippen molar-refractivity contribution in [2.24, 2.45) is 5.92 Å². The fourth-order valence-electron chi connectivity index (χ4n) is 5.06. The summed E-state index contributed by atoms with van der Waals surface area (Å²) < 4.78 is 66.0. The summed E-state index contributed by atoms with van der Waals surface area (Å²) in [6.07, 6.45) is -0.828. The lowest BCUT2D eigenvalue weighted by Gasteiger charge is -2.42. The molecule has 0 aromatic heterocycles. The number of nitrogens with one attached hydrogen (secondary N) is 2. The zero-order valence-electron chi connectivity index (χ0n) is 23.9. The number of hydrogen-bond acceptors (Lipinski definition) is 6. The summed E-state index contributed by atoms with van der Waals surface area (Å²) in [4.78, 5) is 29.1. The van der Waals surface area contributed by atoms with Crippen LogP contribution in [0.15, 0.2) is 58.3 Å². The summed E-state index contributed by atoms with van der Waals surface area (Å²) in [6, 6.07) is 9.60. The fourth-order valence-corrected chi connectivity index (χ4v) is 7.14. The monoisotopic (exact) mass is 613 g/mol. The molecule has 2 aromatic carbocycles. The molecule has 0 bridgehead atoms. The molecule has 0 spiro atoms. The van der Waals surface area contributed by atoms with Crippen molar-refractivity contribution in [3.8, 4) is 0 Å². The number of carbonyl (C=O) groups is 2. The highest BCUT2D eigenvalue weighted by Gasteiger charge is 2.37. The zero-order valence-corrected chi connectivity index (χ0v) is 25.5. The standard InChI is InChI=1S/C29H38F3N3O4S2/c1-18(2)35(4)23-9-14-26(21(16-23)17-41(38,39)25-12-10-24(40-5)11-13-25)34-27(36)19(3)33-28(37)20-7-6-8-22(15-20)29(30,31)32/h6-8,10-13,15,18-19,21,23,26H,9,14,16-17H2,1-5H3,(H,33,37)(H,34,36)/t19?,21-,23+,26+/m0/s1. The maximum Gasteiger partial charge on any atom is 0.416 e. The Balaban J connectivity index is 1.74. The molecule has 1 unspecified atom stereocenters. The fraction of sp³-hybridized carbons (Fsp3) is 0.517. The summed E-state index contributed by atoms with van der Waals surface area (Å²) in [5, 5.41) is 5.38. The van der Waals surface area contributed by atoms with E-state index in [9.17, 15) is 31.2 Å². The van der Waals surface area contributed by atoms with Crippen LogP contribution in [0, 0.1) is 5.92 Å². The van der Waals surface area contributed by atoms with Crippen molar-refractivity contribution < 1.29 is 31.2 Å². The molecule has 12 heteroatoms. The van der Waals surface area contributed by atoms with Crippen LogP contribution in [-0.2, 0) is 20.8 Å². The van der Waals surface area contributed by atoms with Gasteiger partial charge in [-0.2, -0.15) is 13.2 Å². The first-order chi connectivity index (χ1) is 19.1. The molecule has 0 saturated heterocycles. The first-order valence-electron chi connectivity index (χ1n) is 13.5. The minimum atomic E-state index is -4.60. The normalized spacial score (nSPS) is 20.6. The number of thioether (sulfide) groups is 1.